The van der Waals surface area contributed by atoms with Gasteiger partial charge in [-0.1, -0.05) is 0 Å². The van der Waals surface area contributed by atoms with Crippen LogP contribution in [0.4, 0.5) is 13.2 Å². The summed E-state index contributed by atoms with van der Waals surface area (Å²) in [5.74, 6) is -5.17. The zero-order valence-corrected chi connectivity index (χ0v) is 15.7. The number of rotatable bonds is 3. The van der Waals surface area contributed by atoms with Crippen molar-refractivity contribution in [2.75, 3.05) is 6.54 Å². The normalized spacial score (nSPS) is 26.4. The van der Waals surface area contributed by atoms with Crippen LogP contribution in [0.25, 0.3) is 0 Å². The topological polar surface area (TPSA) is 164 Å². The minimum Gasteiger partial charge on any atom is -0.542 e. The maximum absolute atomic E-state index is 12.7. The molecule has 0 spiro atoms. The Bertz CT molecular complexity index is 696. The fraction of sp³-hybridized carbons (Fsp3) is 0.625. The fourth-order valence-electron chi connectivity index (χ4n) is 2.94. The van der Waals surface area contributed by atoms with Crippen molar-refractivity contribution >= 4 is 23.8 Å². The zero-order chi connectivity index (χ0) is 22.5. The monoisotopic (exact) mass is 425 g/mol. The number of carboxylic acid groups (broad SMARTS) is 2. The van der Waals surface area contributed by atoms with Crippen LogP contribution >= 0.6 is 0 Å². The van der Waals surface area contributed by atoms with Gasteiger partial charge in [0, 0.05) is 25.6 Å². The van der Waals surface area contributed by atoms with Crippen LogP contribution in [-0.2, 0) is 23.9 Å². The number of hydrogen-bond donors (Lipinski definition) is 3. The lowest BCUT2D eigenvalue weighted by Gasteiger charge is -2.35. The summed E-state index contributed by atoms with van der Waals surface area (Å²) in [5, 5.41) is 20.5. The largest absolute Gasteiger partial charge is 0.542 e. The van der Waals surface area contributed by atoms with Gasteiger partial charge in [-0.25, -0.2) is 4.79 Å². The highest BCUT2D eigenvalue weighted by Gasteiger charge is 2.45. The van der Waals surface area contributed by atoms with Gasteiger partial charge in [0.15, 0.2) is 0 Å². The maximum Gasteiger partial charge on any atom is 0.430 e. The molecule has 0 aromatic heterocycles. The summed E-state index contributed by atoms with van der Waals surface area (Å²) < 4.78 is 36.9. The first kappa shape index (κ1) is 24.2. The zero-order valence-electron chi connectivity index (χ0n) is 15.7. The number of carbonyl (C=O) groups excluding carboxylic acids is 3. The highest BCUT2D eigenvalue weighted by molar-refractivity contribution is 5.88. The van der Waals surface area contributed by atoms with E-state index in [9.17, 15) is 27.6 Å². The first-order valence-electron chi connectivity index (χ1n) is 8.56. The Hall–Kier alpha value is -2.83. The molecule has 4 atom stereocenters. The number of ether oxygens (including phenoxy) is 1. The molecule has 0 saturated carbocycles. The van der Waals surface area contributed by atoms with E-state index in [1.165, 1.54) is 13.0 Å². The summed E-state index contributed by atoms with van der Waals surface area (Å²) in [4.78, 5) is 45.7. The van der Waals surface area contributed by atoms with Crippen LogP contribution in [-0.4, -0.2) is 70.7 Å². The molecule has 2 heterocycles. The quantitative estimate of drug-likeness (QED) is 0.461. The first-order chi connectivity index (χ1) is 13.3. The van der Waals surface area contributed by atoms with E-state index in [4.69, 9.17) is 19.7 Å². The second kappa shape index (κ2) is 9.58. The number of quaternary nitrogens is 1. The Morgan fingerprint density at radius 3 is 2.28 bits per heavy atom. The van der Waals surface area contributed by atoms with E-state index in [1.807, 2.05) is 6.92 Å². The van der Waals surface area contributed by atoms with E-state index in [0.29, 0.717) is 6.54 Å². The van der Waals surface area contributed by atoms with Gasteiger partial charge >= 0.3 is 12.1 Å². The molecular formula is C16H22F3N3O7. The minimum absolute atomic E-state index is 0.0801. The molecule has 0 radical (unpaired) electrons. The highest BCUT2D eigenvalue weighted by atomic mass is 19.4. The average molecular weight is 425 g/mol. The van der Waals surface area contributed by atoms with Crippen LogP contribution in [0, 0.1) is 0 Å². The summed E-state index contributed by atoms with van der Waals surface area (Å²) in [6.45, 7) is 3.89. The minimum atomic E-state index is -5.19. The molecule has 0 bridgehead atoms. The van der Waals surface area contributed by atoms with Crippen LogP contribution in [0.5, 0.6) is 0 Å². The van der Waals surface area contributed by atoms with Crippen LogP contribution in [0.15, 0.2) is 11.8 Å². The number of alkyl halides is 3. The van der Waals surface area contributed by atoms with E-state index in [-0.39, 0.29) is 23.6 Å². The lowest BCUT2D eigenvalue weighted by Crippen LogP contribution is -2.74. The summed E-state index contributed by atoms with van der Waals surface area (Å²) in [7, 11) is 0. The van der Waals surface area contributed by atoms with Gasteiger partial charge in [0.2, 0.25) is 17.8 Å². The van der Waals surface area contributed by atoms with Gasteiger partial charge in [0.1, 0.15) is 18.1 Å². The molecule has 10 nitrogen and oxygen atoms in total. The molecule has 0 aliphatic carbocycles. The van der Waals surface area contributed by atoms with Crippen LogP contribution in [0.1, 0.15) is 26.7 Å². The second-order valence-electron chi connectivity index (χ2n) is 6.57. The van der Waals surface area contributed by atoms with Crippen LogP contribution in [0.3, 0.4) is 0 Å². The third-order valence-corrected chi connectivity index (χ3v) is 4.30. The number of carbonyl (C=O) groups is 4. The van der Waals surface area contributed by atoms with Gasteiger partial charge in [-0.3, -0.25) is 9.59 Å². The molecule has 2 aliphatic heterocycles. The smallest absolute Gasteiger partial charge is 0.430 e. The van der Waals surface area contributed by atoms with Crippen LogP contribution < -0.4 is 16.2 Å². The predicted molar refractivity (Wildman–Crippen MR) is 86.3 cm³/mol. The van der Waals surface area contributed by atoms with Crippen molar-refractivity contribution in [3.8, 4) is 0 Å². The summed E-state index contributed by atoms with van der Waals surface area (Å²) in [5.41, 5.74) is 3.84. The molecule has 2 amide bonds. The molecule has 1 fully saturated rings. The van der Waals surface area contributed by atoms with Crippen molar-refractivity contribution in [3.05, 3.63) is 11.8 Å². The first-order valence-corrected chi connectivity index (χ1v) is 8.56. The lowest BCUT2D eigenvalue weighted by atomic mass is 9.97. The van der Waals surface area contributed by atoms with Gasteiger partial charge in [0.25, 0.3) is 5.91 Å². The van der Waals surface area contributed by atoms with E-state index >= 15 is 0 Å². The number of hydrogen-bond acceptors (Lipinski definition) is 6. The van der Waals surface area contributed by atoms with Crippen molar-refractivity contribution in [1.82, 2.24) is 10.2 Å². The van der Waals surface area contributed by atoms with Gasteiger partial charge < -0.3 is 35.7 Å². The number of amides is 2. The third kappa shape index (κ3) is 6.62. The Balaban J connectivity index is 0.000000516. The van der Waals surface area contributed by atoms with Gasteiger partial charge in [-0.05, 0) is 19.8 Å². The van der Waals surface area contributed by atoms with E-state index < -0.39 is 36.3 Å². The average Bonchev–Trinajstić information content (AvgIpc) is 3.01. The number of carboxylic acids is 2. The number of aliphatic carboxylic acids is 2. The predicted octanol–water partition coefficient (Wildman–Crippen LogP) is -2.22. The molecule has 5 N–H and O–H groups in total. The second-order valence-corrected chi connectivity index (χ2v) is 6.57. The van der Waals surface area contributed by atoms with E-state index in [0.717, 1.165) is 12.8 Å². The Morgan fingerprint density at radius 2 is 1.90 bits per heavy atom. The van der Waals surface area contributed by atoms with E-state index in [1.54, 1.807) is 4.90 Å². The van der Waals surface area contributed by atoms with Crippen molar-refractivity contribution in [2.24, 2.45) is 0 Å². The Kier molecular flexibility index (Phi) is 8.00. The molecule has 13 heteroatoms. The van der Waals surface area contributed by atoms with Gasteiger partial charge in [0.05, 0.1) is 0 Å². The number of halogens is 3. The van der Waals surface area contributed by atoms with Gasteiger partial charge in [-0.15, -0.1) is 0 Å². The van der Waals surface area contributed by atoms with Crippen molar-refractivity contribution in [3.63, 3.8) is 0 Å². The van der Waals surface area contributed by atoms with Crippen molar-refractivity contribution < 1.29 is 53.0 Å². The summed E-state index contributed by atoms with van der Waals surface area (Å²) in [6, 6.07) is -1.16. The molecule has 0 aromatic carbocycles. The molecule has 2 rings (SSSR count). The molecule has 2 aliphatic rings. The van der Waals surface area contributed by atoms with Crippen LogP contribution in [0.2, 0.25) is 0 Å². The standard InChI is InChI=1S/C14H21N3O5.C2HF3O2/c1-7-4-3-5-17(7)13(19)12-11(16-8(2)18)9(15)6-10(22-12)14(20)21;3-2(4,5)1(6)7/h6-7,9,11-12H,3-5,15H2,1-2H3,(H,16,18)(H,20,21);(H,6,7)/t7?,9-,11+,12+;/m0./s1. The highest BCUT2D eigenvalue weighted by Crippen LogP contribution is 2.23. The van der Waals surface area contributed by atoms with Crippen molar-refractivity contribution in [1.29, 1.82) is 0 Å². The summed E-state index contributed by atoms with van der Waals surface area (Å²) >= 11 is 0. The molecular weight excluding hydrogens is 403 g/mol. The molecule has 164 valence electrons. The molecule has 1 saturated heterocycles. The number of nitrogens with one attached hydrogen (secondary N) is 1. The van der Waals surface area contributed by atoms with E-state index in [2.05, 4.69) is 11.1 Å². The Labute approximate surface area is 163 Å². The lowest BCUT2D eigenvalue weighted by molar-refractivity contribution is -0.414. The molecule has 29 heavy (non-hydrogen) atoms. The third-order valence-electron chi connectivity index (χ3n) is 4.30. The fourth-order valence-corrected chi connectivity index (χ4v) is 2.94. The molecule has 1 unspecified atom stereocenters. The number of likely N-dealkylation sites (tertiary alicyclic amines) is 1. The SMILES string of the molecule is CC(=O)N[C@@H]1[C@@H]([NH3+])C=C(C(=O)O)O[C@H]1C(=O)N1CCCC1C.O=C([O-])C(F)(F)F. The Morgan fingerprint density at radius 1 is 1.34 bits per heavy atom. The molecule has 0 aromatic rings. The maximum atomic E-state index is 12.7. The van der Waals surface area contributed by atoms with Gasteiger partial charge in [-0.2, -0.15) is 13.2 Å². The number of nitrogens with zero attached hydrogens (tertiary/aromatic N) is 1. The summed E-state index contributed by atoms with van der Waals surface area (Å²) in [6.07, 6.45) is -3.14. The van der Waals surface area contributed by atoms with Crippen molar-refractivity contribution in [2.45, 2.75) is 57.1 Å².